The zero-order chi connectivity index (χ0) is 15.1. The molecule has 0 aliphatic carbocycles. The van der Waals surface area contributed by atoms with E-state index in [0.717, 1.165) is 11.0 Å². The average Bonchev–Trinajstić information content (AvgIpc) is 2.92. The number of nitrogens with zero attached hydrogens (tertiary/aromatic N) is 4. The maximum absolute atomic E-state index is 12.2. The van der Waals surface area contributed by atoms with Crippen LogP contribution in [0.1, 0.15) is 11.7 Å². The van der Waals surface area contributed by atoms with Gasteiger partial charge in [-0.15, -0.1) is 0 Å². The lowest BCUT2D eigenvalue weighted by atomic mass is 9.94. The van der Waals surface area contributed by atoms with E-state index < -0.39 is 12.0 Å². The van der Waals surface area contributed by atoms with E-state index in [-0.39, 0.29) is 5.91 Å². The minimum atomic E-state index is -0.847. The first-order chi connectivity index (χ1) is 10.8. The Balaban J connectivity index is 2.03. The van der Waals surface area contributed by atoms with Crippen LogP contribution in [0.2, 0.25) is 0 Å². The van der Waals surface area contributed by atoms with Crippen molar-refractivity contribution in [3.05, 3.63) is 54.4 Å². The Morgan fingerprint density at radius 3 is 2.77 bits per heavy atom. The molecule has 0 saturated carbocycles. The number of rotatable bonds is 1. The van der Waals surface area contributed by atoms with Gasteiger partial charge in [0.05, 0.1) is 22.8 Å². The highest BCUT2D eigenvalue weighted by Gasteiger charge is 2.39. The van der Waals surface area contributed by atoms with Crippen LogP contribution in [-0.4, -0.2) is 20.4 Å². The third-order valence-corrected chi connectivity index (χ3v) is 3.84. The van der Waals surface area contributed by atoms with Crippen molar-refractivity contribution < 1.29 is 4.79 Å². The standard InChI is InChI=1S/C16H11N5O/c17-9-10-14(12-6-3-4-8-18-12)21-13-7-2-1-5-11(13)19-16(21)20-15(10)22/h1-8,10,14H,(H,19,20,22). The van der Waals surface area contributed by atoms with Gasteiger partial charge in [0.2, 0.25) is 11.9 Å². The first-order valence-electron chi connectivity index (χ1n) is 6.88. The summed E-state index contributed by atoms with van der Waals surface area (Å²) < 4.78 is 1.88. The number of nitriles is 1. The van der Waals surface area contributed by atoms with Crippen molar-refractivity contribution in [1.82, 2.24) is 14.5 Å². The number of anilines is 1. The topological polar surface area (TPSA) is 83.6 Å². The molecule has 2 atom stereocenters. The van der Waals surface area contributed by atoms with Crippen molar-refractivity contribution in [2.75, 3.05) is 5.32 Å². The van der Waals surface area contributed by atoms with Gasteiger partial charge in [0, 0.05) is 6.20 Å². The number of aromatic nitrogens is 3. The monoisotopic (exact) mass is 289 g/mol. The van der Waals surface area contributed by atoms with Gasteiger partial charge in [-0.2, -0.15) is 5.26 Å². The summed E-state index contributed by atoms with van der Waals surface area (Å²) in [5.41, 5.74) is 2.32. The van der Waals surface area contributed by atoms with E-state index in [4.69, 9.17) is 0 Å². The van der Waals surface area contributed by atoms with Gasteiger partial charge in [-0.1, -0.05) is 18.2 Å². The van der Waals surface area contributed by atoms with Gasteiger partial charge in [-0.05, 0) is 24.3 Å². The van der Waals surface area contributed by atoms with E-state index in [1.807, 2.05) is 41.0 Å². The molecule has 1 aliphatic heterocycles. The lowest BCUT2D eigenvalue weighted by Gasteiger charge is -2.29. The van der Waals surface area contributed by atoms with E-state index >= 15 is 0 Å². The maximum atomic E-state index is 12.2. The number of benzene rings is 1. The third kappa shape index (κ3) is 1.69. The van der Waals surface area contributed by atoms with Gasteiger partial charge < -0.3 is 0 Å². The molecule has 3 heterocycles. The molecule has 2 aromatic heterocycles. The predicted molar refractivity (Wildman–Crippen MR) is 79.8 cm³/mol. The fraction of sp³-hybridized carbons (Fsp3) is 0.125. The molecule has 1 N–H and O–H groups in total. The number of nitrogens with one attached hydrogen (secondary N) is 1. The van der Waals surface area contributed by atoms with Gasteiger partial charge >= 0.3 is 0 Å². The SMILES string of the molecule is N#CC1C(=O)Nc2nc3ccccc3n2C1c1ccccn1. The summed E-state index contributed by atoms with van der Waals surface area (Å²) in [5.74, 6) is -0.741. The van der Waals surface area contributed by atoms with Crippen molar-refractivity contribution in [1.29, 1.82) is 5.26 Å². The van der Waals surface area contributed by atoms with Gasteiger partial charge in [0.1, 0.15) is 6.04 Å². The average molecular weight is 289 g/mol. The molecule has 0 fully saturated rings. The quantitative estimate of drug-likeness (QED) is 0.743. The van der Waals surface area contributed by atoms with Crippen molar-refractivity contribution in [2.24, 2.45) is 5.92 Å². The van der Waals surface area contributed by atoms with Gasteiger partial charge in [0.15, 0.2) is 5.92 Å². The lowest BCUT2D eigenvalue weighted by molar-refractivity contribution is -0.119. The Labute approximate surface area is 126 Å². The Hall–Kier alpha value is -3.20. The molecule has 1 amide bonds. The molecule has 1 aromatic carbocycles. The highest BCUT2D eigenvalue weighted by atomic mass is 16.2. The van der Waals surface area contributed by atoms with E-state index in [0.29, 0.717) is 11.6 Å². The molecule has 1 aliphatic rings. The van der Waals surface area contributed by atoms with Gasteiger partial charge in [0.25, 0.3) is 0 Å². The number of imidazole rings is 1. The molecule has 6 heteroatoms. The second-order valence-corrected chi connectivity index (χ2v) is 5.09. The number of para-hydroxylation sites is 2. The zero-order valence-electron chi connectivity index (χ0n) is 11.5. The Bertz CT molecular complexity index is 909. The van der Waals surface area contributed by atoms with Crippen molar-refractivity contribution in [3.8, 4) is 6.07 Å². The molecule has 0 spiro atoms. The molecule has 0 radical (unpaired) electrons. The Kier molecular flexibility index (Phi) is 2.66. The van der Waals surface area contributed by atoms with E-state index in [9.17, 15) is 10.1 Å². The molecule has 2 unspecified atom stereocenters. The molecular formula is C16H11N5O. The maximum Gasteiger partial charge on any atom is 0.246 e. The summed E-state index contributed by atoms with van der Waals surface area (Å²) in [6.45, 7) is 0. The molecule has 4 rings (SSSR count). The van der Waals surface area contributed by atoms with Crippen LogP contribution in [-0.2, 0) is 4.79 Å². The van der Waals surface area contributed by atoms with Crippen LogP contribution in [0.15, 0.2) is 48.7 Å². The number of carbonyl (C=O) groups is 1. The van der Waals surface area contributed by atoms with Crippen LogP contribution < -0.4 is 5.32 Å². The van der Waals surface area contributed by atoms with Gasteiger partial charge in [-0.3, -0.25) is 19.7 Å². The number of hydrogen-bond donors (Lipinski definition) is 1. The van der Waals surface area contributed by atoms with Crippen LogP contribution in [0.25, 0.3) is 11.0 Å². The zero-order valence-corrected chi connectivity index (χ0v) is 11.5. The highest BCUT2D eigenvalue weighted by molar-refractivity contribution is 5.97. The minimum Gasteiger partial charge on any atom is -0.299 e. The van der Waals surface area contributed by atoms with Gasteiger partial charge in [-0.25, -0.2) is 4.98 Å². The molecular weight excluding hydrogens is 278 g/mol. The van der Waals surface area contributed by atoms with Crippen LogP contribution in [0, 0.1) is 17.2 Å². The molecule has 106 valence electrons. The molecule has 0 bridgehead atoms. The van der Waals surface area contributed by atoms with Crippen LogP contribution >= 0.6 is 0 Å². The van der Waals surface area contributed by atoms with Crippen molar-refractivity contribution in [3.63, 3.8) is 0 Å². The predicted octanol–water partition coefficient (Wildman–Crippen LogP) is 2.11. The van der Waals surface area contributed by atoms with E-state index in [1.165, 1.54) is 0 Å². The third-order valence-electron chi connectivity index (χ3n) is 3.84. The number of pyridine rings is 1. The summed E-state index contributed by atoms with van der Waals surface area (Å²) in [4.78, 5) is 21.0. The van der Waals surface area contributed by atoms with Crippen molar-refractivity contribution in [2.45, 2.75) is 6.04 Å². The fourth-order valence-corrected chi connectivity index (χ4v) is 2.88. The first kappa shape index (κ1) is 12.5. The number of hydrogen-bond acceptors (Lipinski definition) is 4. The highest BCUT2D eigenvalue weighted by Crippen LogP contribution is 2.36. The van der Waals surface area contributed by atoms with E-state index in [2.05, 4.69) is 21.4 Å². The molecule has 0 saturated heterocycles. The van der Waals surface area contributed by atoms with Crippen molar-refractivity contribution >= 4 is 22.9 Å². The van der Waals surface area contributed by atoms with Crippen LogP contribution in [0.5, 0.6) is 0 Å². The normalized spacial score (nSPS) is 20.2. The number of carbonyl (C=O) groups excluding carboxylic acids is 1. The van der Waals surface area contributed by atoms with Crippen LogP contribution in [0.3, 0.4) is 0 Å². The van der Waals surface area contributed by atoms with E-state index in [1.54, 1.807) is 12.3 Å². The molecule has 6 nitrogen and oxygen atoms in total. The smallest absolute Gasteiger partial charge is 0.246 e. The largest absolute Gasteiger partial charge is 0.299 e. The summed E-state index contributed by atoms with van der Waals surface area (Å²) in [7, 11) is 0. The lowest BCUT2D eigenvalue weighted by Crippen LogP contribution is -2.37. The minimum absolute atomic E-state index is 0.346. The Morgan fingerprint density at radius 2 is 2.00 bits per heavy atom. The summed E-state index contributed by atoms with van der Waals surface area (Å²) in [6.07, 6.45) is 1.66. The Morgan fingerprint density at radius 1 is 1.18 bits per heavy atom. The second kappa shape index (κ2) is 4.67. The fourth-order valence-electron chi connectivity index (χ4n) is 2.88. The number of amides is 1. The first-order valence-corrected chi connectivity index (χ1v) is 6.88. The number of fused-ring (bicyclic) bond motifs is 3. The molecule has 3 aromatic rings. The summed E-state index contributed by atoms with van der Waals surface area (Å²) >= 11 is 0. The summed E-state index contributed by atoms with van der Waals surface area (Å²) in [6, 6.07) is 14.7. The second-order valence-electron chi connectivity index (χ2n) is 5.09. The van der Waals surface area contributed by atoms with Crippen LogP contribution in [0.4, 0.5) is 5.95 Å². The molecule has 22 heavy (non-hydrogen) atoms. The summed E-state index contributed by atoms with van der Waals surface area (Å²) in [5, 5.41) is 12.2.